The highest BCUT2D eigenvalue weighted by Crippen LogP contribution is 2.27. The number of anilines is 1. The molecular formula is C18H16N2O5. The number of aryl methyl sites for hydroxylation is 1. The number of rotatable bonds is 5. The maximum absolute atomic E-state index is 12.5. The Morgan fingerprint density at radius 2 is 2.08 bits per heavy atom. The van der Waals surface area contributed by atoms with Crippen LogP contribution in [0, 0.1) is 10.1 Å². The maximum Gasteiger partial charge on any atom is 0.270 e. The van der Waals surface area contributed by atoms with Crippen LogP contribution in [0.4, 0.5) is 11.4 Å². The predicted octanol–water partition coefficient (Wildman–Crippen LogP) is 2.77. The van der Waals surface area contributed by atoms with E-state index in [0.717, 1.165) is 30.2 Å². The quantitative estimate of drug-likeness (QED) is 0.474. The minimum Gasteiger partial charge on any atom is -0.483 e. The zero-order valence-corrected chi connectivity index (χ0v) is 13.4. The Morgan fingerprint density at radius 1 is 1.28 bits per heavy atom. The fourth-order valence-corrected chi connectivity index (χ4v) is 2.88. The molecule has 0 aromatic heterocycles. The largest absolute Gasteiger partial charge is 0.483 e. The molecule has 2 aromatic rings. The van der Waals surface area contributed by atoms with Crippen molar-refractivity contribution in [3.8, 4) is 5.75 Å². The average Bonchev–Trinajstić information content (AvgIpc) is 2.65. The molecule has 0 saturated carbocycles. The number of carbonyl (C=O) groups is 2. The summed E-state index contributed by atoms with van der Waals surface area (Å²) >= 11 is 0. The summed E-state index contributed by atoms with van der Waals surface area (Å²) in [4.78, 5) is 35.5. The topological polar surface area (TPSA) is 89.7 Å². The lowest BCUT2D eigenvalue weighted by molar-refractivity contribution is -0.384. The van der Waals surface area contributed by atoms with Gasteiger partial charge >= 0.3 is 0 Å². The molecule has 0 radical (unpaired) electrons. The molecule has 0 atom stereocenters. The predicted molar refractivity (Wildman–Crippen MR) is 91.1 cm³/mol. The summed E-state index contributed by atoms with van der Waals surface area (Å²) in [5.41, 5.74) is 1.83. The third-order valence-corrected chi connectivity index (χ3v) is 4.09. The summed E-state index contributed by atoms with van der Waals surface area (Å²) in [6.45, 7) is 0.368. The van der Waals surface area contributed by atoms with Crippen LogP contribution in [0.1, 0.15) is 22.3 Å². The molecule has 3 rings (SSSR count). The van der Waals surface area contributed by atoms with Crippen LogP contribution in [0.3, 0.4) is 0 Å². The van der Waals surface area contributed by atoms with E-state index in [4.69, 9.17) is 4.74 Å². The van der Waals surface area contributed by atoms with Gasteiger partial charge in [-0.1, -0.05) is 18.2 Å². The van der Waals surface area contributed by atoms with E-state index in [2.05, 4.69) is 0 Å². The zero-order valence-electron chi connectivity index (χ0n) is 13.4. The number of nitro groups is 1. The van der Waals surface area contributed by atoms with Gasteiger partial charge in [0.05, 0.1) is 10.5 Å². The minimum atomic E-state index is -0.591. The van der Waals surface area contributed by atoms with E-state index in [0.29, 0.717) is 12.8 Å². The number of hydrogen-bond acceptors (Lipinski definition) is 5. The van der Waals surface area contributed by atoms with Crippen LogP contribution in [0.5, 0.6) is 5.75 Å². The van der Waals surface area contributed by atoms with Crippen molar-refractivity contribution in [2.24, 2.45) is 0 Å². The van der Waals surface area contributed by atoms with Gasteiger partial charge in [-0.05, 0) is 30.5 Å². The fraction of sp³-hybridized carbons (Fsp3) is 0.222. The first-order chi connectivity index (χ1) is 12.1. The Labute approximate surface area is 144 Å². The van der Waals surface area contributed by atoms with Crippen LogP contribution < -0.4 is 9.64 Å². The molecule has 1 amide bonds. The second-order valence-electron chi connectivity index (χ2n) is 5.66. The number of nitro benzene ring substituents is 1. The molecule has 0 N–H and O–H groups in total. The molecule has 1 aliphatic heterocycles. The Bertz CT molecular complexity index is 834. The van der Waals surface area contributed by atoms with Crippen molar-refractivity contribution in [1.29, 1.82) is 0 Å². The summed E-state index contributed by atoms with van der Waals surface area (Å²) in [7, 11) is 0. The lowest BCUT2D eigenvalue weighted by Gasteiger charge is -2.29. The number of hydrogen-bond donors (Lipinski definition) is 0. The Kier molecular flexibility index (Phi) is 4.74. The van der Waals surface area contributed by atoms with E-state index >= 15 is 0 Å². The normalized spacial score (nSPS) is 13.0. The number of non-ortho nitro benzene ring substituents is 1. The third-order valence-electron chi connectivity index (χ3n) is 4.09. The molecule has 0 bridgehead atoms. The summed E-state index contributed by atoms with van der Waals surface area (Å²) in [5.74, 6) is -0.0680. The number of nitrogens with zero attached hydrogens (tertiary/aromatic N) is 2. The van der Waals surface area contributed by atoms with E-state index in [-0.39, 0.29) is 29.5 Å². The molecule has 0 saturated heterocycles. The van der Waals surface area contributed by atoms with Crippen molar-refractivity contribution in [2.75, 3.05) is 18.1 Å². The van der Waals surface area contributed by atoms with Gasteiger partial charge in [0.15, 0.2) is 12.9 Å². The number of amides is 1. The number of benzene rings is 2. The second-order valence-corrected chi connectivity index (χ2v) is 5.66. The number of fused-ring (bicyclic) bond motifs is 1. The van der Waals surface area contributed by atoms with Crippen molar-refractivity contribution in [2.45, 2.75) is 12.8 Å². The highest BCUT2D eigenvalue weighted by Gasteiger charge is 2.23. The van der Waals surface area contributed by atoms with Gasteiger partial charge in [-0.15, -0.1) is 0 Å². The van der Waals surface area contributed by atoms with E-state index < -0.39 is 4.92 Å². The first kappa shape index (κ1) is 16.6. The first-order valence-corrected chi connectivity index (χ1v) is 7.85. The summed E-state index contributed by atoms with van der Waals surface area (Å²) in [5, 5.41) is 10.8. The van der Waals surface area contributed by atoms with Gasteiger partial charge in [-0.25, -0.2) is 0 Å². The molecule has 0 aliphatic carbocycles. The van der Waals surface area contributed by atoms with Gasteiger partial charge in [-0.2, -0.15) is 0 Å². The van der Waals surface area contributed by atoms with Crippen LogP contribution in [0.15, 0.2) is 42.5 Å². The van der Waals surface area contributed by atoms with Crippen LogP contribution in [-0.4, -0.2) is 30.3 Å². The molecule has 1 aliphatic rings. The van der Waals surface area contributed by atoms with Crippen molar-refractivity contribution in [1.82, 2.24) is 0 Å². The van der Waals surface area contributed by atoms with E-state index in [1.807, 2.05) is 24.3 Å². The van der Waals surface area contributed by atoms with E-state index in [9.17, 15) is 19.7 Å². The summed E-state index contributed by atoms with van der Waals surface area (Å²) in [6, 6.07) is 11.4. The Balaban J connectivity index is 1.73. The van der Waals surface area contributed by atoms with Crippen molar-refractivity contribution < 1.29 is 19.2 Å². The van der Waals surface area contributed by atoms with Crippen molar-refractivity contribution in [3.63, 3.8) is 0 Å². The standard InChI is InChI=1S/C18H16N2O5/c21-11-14-10-15(20(23)24)7-8-17(14)25-12-18(22)19-9-3-5-13-4-1-2-6-16(13)19/h1-2,4,6-8,10-11H,3,5,9,12H2. The third kappa shape index (κ3) is 3.50. The first-order valence-electron chi connectivity index (χ1n) is 7.85. The van der Waals surface area contributed by atoms with Crippen LogP contribution in [0.2, 0.25) is 0 Å². The number of ether oxygens (including phenoxy) is 1. The Morgan fingerprint density at radius 3 is 2.84 bits per heavy atom. The van der Waals surface area contributed by atoms with E-state index in [1.165, 1.54) is 12.1 Å². The molecule has 2 aromatic carbocycles. The number of aldehydes is 1. The van der Waals surface area contributed by atoms with Crippen LogP contribution in [-0.2, 0) is 11.2 Å². The molecule has 25 heavy (non-hydrogen) atoms. The molecule has 128 valence electrons. The SMILES string of the molecule is O=Cc1cc([N+](=O)[O-])ccc1OCC(=O)N1CCCc2ccccc21. The Hall–Kier alpha value is -3.22. The fourth-order valence-electron chi connectivity index (χ4n) is 2.88. The zero-order chi connectivity index (χ0) is 17.8. The molecule has 0 unspecified atom stereocenters. The van der Waals surface area contributed by atoms with Gasteiger partial charge in [0.25, 0.3) is 11.6 Å². The van der Waals surface area contributed by atoms with Gasteiger partial charge in [0.2, 0.25) is 0 Å². The lowest BCUT2D eigenvalue weighted by atomic mass is 10.0. The van der Waals surface area contributed by atoms with Gasteiger partial charge in [-0.3, -0.25) is 19.7 Å². The highest BCUT2D eigenvalue weighted by atomic mass is 16.6. The van der Waals surface area contributed by atoms with Gasteiger partial charge in [0.1, 0.15) is 5.75 Å². The second kappa shape index (κ2) is 7.12. The molecular weight excluding hydrogens is 324 g/mol. The van der Waals surface area contributed by atoms with Gasteiger partial charge < -0.3 is 9.64 Å². The maximum atomic E-state index is 12.5. The van der Waals surface area contributed by atoms with Crippen LogP contribution in [0.25, 0.3) is 0 Å². The molecule has 0 spiro atoms. The van der Waals surface area contributed by atoms with Crippen molar-refractivity contribution in [3.05, 3.63) is 63.7 Å². The number of carbonyl (C=O) groups excluding carboxylic acids is 2. The highest BCUT2D eigenvalue weighted by molar-refractivity contribution is 5.95. The molecule has 1 heterocycles. The van der Waals surface area contributed by atoms with E-state index in [1.54, 1.807) is 4.90 Å². The lowest BCUT2D eigenvalue weighted by Crippen LogP contribution is -2.38. The van der Waals surface area contributed by atoms with Gasteiger partial charge in [0, 0.05) is 24.4 Å². The number of para-hydroxylation sites is 1. The summed E-state index contributed by atoms with van der Waals surface area (Å²) in [6.07, 6.45) is 2.28. The van der Waals surface area contributed by atoms with Crippen molar-refractivity contribution >= 4 is 23.6 Å². The molecule has 0 fully saturated rings. The van der Waals surface area contributed by atoms with Crippen LogP contribution >= 0.6 is 0 Å². The minimum absolute atomic E-state index is 0.0426. The monoisotopic (exact) mass is 340 g/mol. The average molecular weight is 340 g/mol. The smallest absolute Gasteiger partial charge is 0.270 e. The molecule has 7 heteroatoms. The molecule has 7 nitrogen and oxygen atoms in total. The summed E-state index contributed by atoms with van der Waals surface area (Å²) < 4.78 is 5.45.